The number of nitrogens with one attached hydrogen (secondary N) is 1. The molecule has 0 radical (unpaired) electrons. The fraction of sp³-hybridized carbons (Fsp3) is 0.367. The van der Waals surface area contributed by atoms with E-state index in [4.69, 9.17) is 11.6 Å². The fourth-order valence-corrected chi connectivity index (χ4v) is 5.83. The maximum atomic E-state index is 15.1. The van der Waals surface area contributed by atoms with Crippen LogP contribution in [-0.4, -0.2) is 40.3 Å². The number of pyridine rings is 1. The Hall–Kier alpha value is -3.69. The molecule has 1 aliphatic heterocycles. The van der Waals surface area contributed by atoms with E-state index in [0.29, 0.717) is 41.3 Å². The fourth-order valence-electron chi connectivity index (χ4n) is 5.55. The summed E-state index contributed by atoms with van der Waals surface area (Å²) in [5.41, 5.74) is 1.03. The number of phenolic OH excluding ortho intramolecular Hbond substituents is 1. The Labute approximate surface area is 237 Å². The van der Waals surface area contributed by atoms with Crippen molar-refractivity contribution in [3.63, 3.8) is 0 Å². The molecule has 0 bridgehead atoms. The van der Waals surface area contributed by atoms with Crippen molar-refractivity contribution in [1.29, 1.82) is 0 Å². The van der Waals surface area contributed by atoms with Crippen LogP contribution in [0.4, 0.5) is 10.2 Å². The highest BCUT2D eigenvalue weighted by molar-refractivity contribution is 6.33. The van der Waals surface area contributed by atoms with E-state index in [1.54, 1.807) is 6.07 Å². The zero-order chi connectivity index (χ0) is 28.9. The average molecular weight is 566 g/mol. The zero-order valence-electron chi connectivity index (χ0n) is 23.2. The number of phenols is 1. The van der Waals surface area contributed by atoms with Crippen molar-refractivity contribution in [1.82, 2.24) is 14.9 Å². The van der Waals surface area contributed by atoms with E-state index in [-0.39, 0.29) is 39.8 Å². The van der Waals surface area contributed by atoms with E-state index >= 15 is 4.39 Å². The summed E-state index contributed by atoms with van der Waals surface area (Å²) in [6.07, 6.45) is 0. The summed E-state index contributed by atoms with van der Waals surface area (Å²) in [5.74, 6) is -0.864. The van der Waals surface area contributed by atoms with Crippen LogP contribution in [0.3, 0.4) is 0 Å². The minimum atomic E-state index is -0.810. The lowest BCUT2D eigenvalue weighted by molar-refractivity contribution is -0.568. The molecule has 0 unspecified atom stereocenters. The SMILES string of the molecule is CC(C)c1cccc(C(C)C)c1-n1c(=O)nc(N2CCNC[C@@H]2C)c2cc(Cl)c(-c3c(O)cccc3F)[n+]([O-])c21. The van der Waals surface area contributed by atoms with Gasteiger partial charge in [0.15, 0.2) is 11.5 Å². The maximum absolute atomic E-state index is 15.1. The third-order valence-electron chi connectivity index (χ3n) is 7.55. The molecule has 3 heterocycles. The van der Waals surface area contributed by atoms with E-state index in [2.05, 4.69) is 10.3 Å². The molecule has 1 saturated heterocycles. The van der Waals surface area contributed by atoms with Crippen molar-refractivity contribution < 1.29 is 14.2 Å². The van der Waals surface area contributed by atoms with E-state index in [1.807, 2.05) is 57.7 Å². The van der Waals surface area contributed by atoms with Gasteiger partial charge in [0, 0.05) is 36.8 Å². The number of nitrogens with zero attached hydrogens (tertiary/aromatic N) is 4. The number of fused-ring (bicyclic) bond motifs is 1. The Kier molecular flexibility index (Phi) is 7.46. The van der Waals surface area contributed by atoms with Crippen LogP contribution in [0.2, 0.25) is 5.02 Å². The van der Waals surface area contributed by atoms with Crippen LogP contribution < -0.4 is 20.6 Å². The summed E-state index contributed by atoms with van der Waals surface area (Å²) in [4.78, 5) is 20.6. The topological polar surface area (TPSA) is 97.3 Å². The molecule has 10 heteroatoms. The molecule has 1 fully saturated rings. The standard InChI is InChI=1S/C30H33ClFN5O3/c1-16(2)19-8-6-9-20(17(3)4)26(19)36-29-21(28(34-30(36)39)35-13-12-33-15-18(35)5)14-22(31)27(37(29)40)25-23(32)10-7-11-24(25)38/h6-11,14,16-18,33,38H,12-13,15H2,1-5H3/t18-/m0/s1. The first-order valence-electron chi connectivity index (χ1n) is 13.5. The third kappa shape index (κ3) is 4.57. The van der Waals surface area contributed by atoms with E-state index in [1.165, 1.54) is 16.7 Å². The molecule has 1 atom stereocenters. The number of piperazine rings is 1. The van der Waals surface area contributed by atoms with Crippen molar-refractivity contribution in [2.45, 2.75) is 52.5 Å². The Balaban J connectivity index is 2.00. The number of halogens is 2. The molecule has 8 nitrogen and oxygen atoms in total. The molecule has 2 aromatic heterocycles. The predicted molar refractivity (Wildman–Crippen MR) is 156 cm³/mol. The van der Waals surface area contributed by atoms with Crippen molar-refractivity contribution in [3.8, 4) is 22.7 Å². The molecule has 0 amide bonds. The molecule has 2 N–H and O–H groups in total. The summed E-state index contributed by atoms with van der Waals surface area (Å²) in [7, 11) is 0. The van der Waals surface area contributed by atoms with E-state index in [0.717, 1.165) is 17.2 Å². The highest BCUT2D eigenvalue weighted by Crippen LogP contribution is 2.38. The molecular weight excluding hydrogens is 533 g/mol. The van der Waals surface area contributed by atoms with Gasteiger partial charge in [-0.25, -0.2) is 13.9 Å². The third-order valence-corrected chi connectivity index (χ3v) is 7.84. The Morgan fingerprint density at radius 2 is 1.80 bits per heavy atom. The van der Waals surface area contributed by atoms with Crippen LogP contribution in [0.1, 0.15) is 57.6 Å². The second-order valence-electron chi connectivity index (χ2n) is 10.9. The van der Waals surface area contributed by atoms with Gasteiger partial charge in [0.2, 0.25) is 0 Å². The molecule has 210 valence electrons. The lowest BCUT2D eigenvalue weighted by Gasteiger charge is -2.35. The minimum Gasteiger partial charge on any atom is -0.710 e. The number of aromatic hydroxyl groups is 1. The highest BCUT2D eigenvalue weighted by Gasteiger charge is 2.33. The molecule has 0 aliphatic carbocycles. The summed E-state index contributed by atoms with van der Waals surface area (Å²) in [6, 6.07) is 11.1. The van der Waals surface area contributed by atoms with Crippen LogP contribution in [0.15, 0.2) is 47.3 Å². The van der Waals surface area contributed by atoms with Gasteiger partial charge in [0.05, 0.1) is 5.02 Å². The first-order valence-corrected chi connectivity index (χ1v) is 13.9. The van der Waals surface area contributed by atoms with Gasteiger partial charge in [-0.1, -0.05) is 63.6 Å². The van der Waals surface area contributed by atoms with Crippen LogP contribution in [0.5, 0.6) is 5.75 Å². The van der Waals surface area contributed by atoms with Crippen LogP contribution in [0.25, 0.3) is 28.0 Å². The average Bonchev–Trinajstić information content (AvgIpc) is 2.90. The van der Waals surface area contributed by atoms with Gasteiger partial charge in [-0.3, -0.25) is 0 Å². The Morgan fingerprint density at radius 1 is 1.15 bits per heavy atom. The molecule has 1 aliphatic rings. The highest BCUT2D eigenvalue weighted by atomic mass is 35.5. The predicted octanol–water partition coefficient (Wildman–Crippen LogP) is 5.23. The number of hydrogen-bond donors (Lipinski definition) is 2. The second-order valence-corrected chi connectivity index (χ2v) is 11.3. The Bertz CT molecular complexity index is 1620. The van der Waals surface area contributed by atoms with Crippen molar-refractivity contribution in [2.75, 3.05) is 24.5 Å². The summed E-state index contributed by atoms with van der Waals surface area (Å²) >= 11 is 6.69. The van der Waals surface area contributed by atoms with Gasteiger partial charge in [0.1, 0.15) is 28.2 Å². The first-order chi connectivity index (χ1) is 19.0. The summed E-state index contributed by atoms with van der Waals surface area (Å²) < 4.78 is 16.9. The zero-order valence-corrected chi connectivity index (χ0v) is 24.0. The van der Waals surface area contributed by atoms with Gasteiger partial charge in [-0.05, 0) is 37.0 Å². The van der Waals surface area contributed by atoms with Gasteiger partial charge >= 0.3 is 11.3 Å². The van der Waals surface area contributed by atoms with Crippen LogP contribution >= 0.6 is 11.6 Å². The molecule has 0 spiro atoms. The van der Waals surface area contributed by atoms with Crippen LogP contribution in [0, 0.1) is 11.0 Å². The van der Waals surface area contributed by atoms with Gasteiger partial charge in [-0.2, -0.15) is 4.98 Å². The molecule has 5 rings (SSSR count). The smallest absolute Gasteiger partial charge is 0.442 e. The number of aromatic nitrogens is 3. The Morgan fingerprint density at radius 3 is 2.40 bits per heavy atom. The quantitative estimate of drug-likeness (QED) is 0.254. The monoisotopic (exact) mass is 565 g/mol. The van der Waals surface area contributed by atoms with Crippen LogP contribution in [-0.2, 0) is 0 Å². The molecule has 0 saturated carbocycles. The number of hydrogen-bond acceptors (Lipinski definition) is 6. The van der Waals surface area contributed by atoms with Crippen molar-refractivity contribution in [3.05, 3.63) is 80.1 Å². The number of benzene rings is 2. The molecular formula is C30H33ClFN5O3. The molecule has 4 aromatic rings. The lowest BCUT2D eigenvalue weighted by Crippen LogP contribution is -2.51. The van der Waals surface area contributed by atoms with Gasteiger partial charge < -0.3 is 20.5 Å². The van der Waals surface area contributed by atoms with E-state index < -0.39 is 17.3 Å². The van der Waals surface area contributed by atoms with E-state index in [9.17, 15) is 15.1 Å². The lowest BCUT2D eigenvalue weighted by atomic mass is 9.92. The number of para-hydroxylation sites is 1. The number of rotatable bonds is 5. The van der Waals surface area contributed by atoms with Crippen molar-refractivity contribution >= 4 is 28.5 Å². The molecule has 2 aromatic carbocycles. The van der Waals surface area contributed by atoms with Gasteiger partial charge in [-0.15, -0.1) is 4.57 Å². The number of anilines is 1. The summed E-state index contributed by atoms with van der Waals surface area (Å²) in [6.45, 7) is 12.0. The van der Waals surface area contributed by atoms with Crippen molar-refractivity contribution in [2.24, 2.45) is 0 Å². The first kappa shape index (κ1) is 27.9. The van der Waals surface area contributed by atoms with Gasteiger partial charge in [0.25, 0.3) is 0 Å². The maximum Gasteiger partial charge on any atom is 0.442 e. The summed E-state index contributed by atoms with van der Waals surface area (Å²) in [5, 5.41) is 28.6. The normalized spacial score (nSPS) is 15.9. The second kappa shape index (κ2) is 10.7. The largest absolute Gasteiger partial charge is 0.710 e. The molecule has 40 heavy (non-hydrogen) atoms. The minimum absolute atomic E-state index is 0.0111.